The Hall–Kier alpha value is -3.52. The van der Waals surface area contributed by atoms with E-state index < -0.39 is 23.3 Å². The summed E-state index contributed by atoms with van der Waals surface area (Å²) in [5.74, 6) is -1.72. The van der Waals surface area contributed by atoms with Gasteiger partial charge in [-0.15, -0.1) is 11.3 Å². The van der Waals surface area contributed by atoms with Crippen LogP contribution in [0.25, 0.3) is 0 Å². The Balaban J connectivity index is 2.01. The van der Waals surface area contributed by atoms with Crippen molar-refractivity contribution < 1.29 is 18.8 Å². The number of aryl methyl sites for hydroxylation is 1. The molecule has 184 valence electrons. The van der Waals surface area contributed by atoms with Crippen LogP contribution in [-0.4, -0.2) is 29.8 Å². The Morgan fingerprint density at radius 2 is 1.69 bits per heavy atom. The second kappa shape index (κ2) is 11.3. The number of rotatable bonds is 9. The number of benzene rings is 2. The van der Waals surface area contributed by atoms with Crippen LogP contribution >= 0.6 is 11.3 Å². The highest BCUT2D eigenvalue weighted by molar-refractivity contribution is 7.12. The molecule has 3 aromatic rings. The molecule has 1 heterocycles. The monoisotopic (exact) mass is 495 g/mol. The Bertz CT molecular complexity index is 1160. The molecular weight excluding hydrogens is 465 g/mol. The van der Waals surface area contributed by atoms with Crippen LogP contribution < -0.4 is 15.5 Å². The predicted octanol–water partition coefficient (Wildman–Crippen LogP) is 5.00. The van der Waals surface area contributed by atoms with Crippen molar-refractivity contribution in [3.8, 4) is 0 Å². The molecule has 0 saturated carbocycles. The molecule has 0 bridgehead atoms. The summed E-state index contributed by atoms with van der Waals surface area (Å²) in [7, 11) is 0. The fourth-order valence-electron chi connectivity index (χ4n) is 3.43. The fraction of sp³-hybridized carbons (Fsp3) is 0.296. The van der Waals surface area contributed by atoms with E-state index in [9.17, 15) is 18.8 Å². The molecule has 3 rings (SSSR count). The predicted molar refractivity (Wildman–Crippen MR) is 137 cm³/mol. The zero-order chi connectivity index (χ0) is 25.6. The normalized spacial score (nSPS) is 12.0. The molecule has 0 saturated heterocycles. The smallest absolute Gasteiger partial charge is 0.261 e. The van der Waals surface area contributed by atoms with Crippen molar-refractivity contribution >= 4 is 34.7 Å². The van der Waals surface area contributed by atoms with E-state index in [1.54, 1.807) is 29.6 Å². The summed E-state index contributed by atoms with van der Waals surface area (Å²) in [5.41, 5.74) is 1.44. The number of anilines is 1. The van der Waals surface area contributed by atoms with Gasteiger partial charge in [0, 0.05) is 11.2 Å². The molecule has 0 aliphatic carbocycles. The lowest BCUT2D eigenvalue weighted by Crippen LogP contribution is -2.52. The maximum atomic E-state index is 13.7. The topological polar surface area (TPSA) is 78.5 Å². The van der Waals surface area contributed by atoms with Gasteiger partial charge in [-0.05, 0) is 68.5 Å². The summed E-state index contributed by atoms with van der Waals surface area (Å²) in [6.45, 7) is 7.37. The molecule has 6 nitrogen and oxygen atoms in total. The van der Waals surface area contributed by atoms with E-state index >= 15 is 0 Å². The van der Waals surface area contributed by atoms with Crippen molar-refractivity contribution in [3.63, 3.8) is 0 Å². The van der Waals surface area contributed by atoms with Gasteiger partial charge in [0.25, 0.3) is 5.91 Å². The van der Waals surface area contributed by atoms with Crippen LogP contribution in [0.4, 0.5) is 10.1 Å². The van der Waals surface area contributed by atoms with Crippen LogP contribution in [0.1, 0.15) is 54.0 Å². The first kappa shape index (κ1) is 26.1. The minimum atomic E-state index is -1.03. The Morgan fingerprint density at radius 3 is 2.26 bits per heavy atom. The summed E-state index contributed by atoms with van der Waals surface area (Å²) in [6, 6.07) is 15.1. The van der Waals surface area contributed by atoms with E-state index in [1.165, 1.54) is 40.5 Å². The lowest BCUT2D eigenvalue weighted by atomic mass is 9.97. The van der Waals surface area contributed by atoms with Crippen molar-refractivity contribution in [1.29, 1.82) is 0 Å². The van der Waals surface area contributed by atoms with Gasteiger partial charge >= 0.3 is 0 Å². The van der Waals surface area contributed by atoms with Crippen LogP contribution in [0.3, 0.4) is 0 Å². The highest BCUT2D eigenvalue weighted by atomic mass is 32.1. The summed E-state index contributed by atoms with van der Waals surface area (Å²) in [5, 5.41) is 7.44. The largest absolute Gasteiger partial charge is 0.349 e. The quantitative estimate of drug-likeness (QED) is 0.438. The Labute approximate surface area is 209 Å². The molecule has 1 aromatic heterocycles. The maximum absolute atomic E-state index is 13.7. The summed E-state index contributed by atoms with van der Waals surface area (Å²) in [6.07, 6.45) is 0.681. The summed E-state index contributed by atoms with van der Waals surface area (Å²) < 4.78 is 13.7. The average Bonchev–Trinajstić information content (AvgIpc) is 3.37. The third kappa shape index (κ3) is 6.76. The van der Waals surface area contributed by atoms with Gasteiger partial charge < -0.3 is 10.6 Å². The molecule has 0 fully saturated rings. The van der Waals surface area contributed by atoms with E-state index in [4.69, 9.17) is 0 Å². The number of thiophene rings is 1. The molecule has 2 N–H and O–H groups in total. The van der Waals surface area contributed by atoms with E-state index in [0.717, 1.165) is 5.56 Å². The minimum Gasteiger partial charge on any atom is -0.349 e. The highest BCUT2D eigenvalue weighted by Crippen LogP contribution is 2.29. The first-order valence-electron chi connectivity index (χ1n) is 11.4. The summed E-state index contributed by atoms with van der Waals surface area (Å²) in [4.78, 5) is 41.5. The van der Waals surface area contributed by atoms with E-state index in [-0.39, 0.29) is 18.4 Å². The first-order chi connectivity index (χ1) is 16.6. The SMILES string of the molecule is CCC(C)(C)NC(=O)C(c1ccc(C)cc1)N(C(=O)CNC(=O)c1cccs1)c1ccc(F)cc1. The zero-order valence-electron chi connectivity index (χ0n) is 20.3. The molecule has 35 heavy (non-hydrogen) atoms. The van der Waals surface area contributed by atoms with Gasteiger partial charge in [0.2, 0.25) is 11.8 Å². The second-order valence-electron chi connectivity index (χ2n) is 8.94. The van der Waals surface area contributed by atoms with Crippen LogP contribution in [-0.2, 0) is 9.59 Å². The number of nitrogens with one attached hydrogen (secondary N) is 2. The molecule has 0 aliphatic heterocycles. The third-order valence-corrected chi connectivity index (χ3v) is 6.63. The number of halogens is 1. The van der Waals surface area contributed by atoms with Crippen molar-refractivity contribution in [2.45, 2.75) is 45.7 Å². The number of hydrogen-bond acceptors (Lipinski definition) is 4. The molecule has 0 radical (unpaired) electrons. The van der Waals surface area contributed by atoms with Crippen LogP contribution in [0.5, 0.6) is 0 Å². The van der Waals surface area contributed by atoms with Gasteiger partial charge in [-0.25, -0.2) is 4.39 Å². The second-order valence-corrected chi connectivity index (χ2v) is 9.89. The van der Waals surface area contributed by atoms with Crippen molar-refractivity contribution in [1.82, 2.24) is 10.6 Å². The van der Waals surface area contributed by atoms with Gasteiger partial charge in [-0.3, -0.25) is 19.3 Å². The maximum Gasteiger partial charge on any atom is 0.261 e. The molecule has 0 aliphatic rings. The minimum absolute atomic E-state index is 0.332. The molecule has 0 spiro atoms. The fourth-order valence-corrected chi connectivity index (χ4v) is 4.07. The zero-order valence-corrected chi connectivity index (χ0v) is 21.1. The lowest BCUT2D eigenvalue weighted by molar-refractivity contribution is -0.127. The van der Waals surface area contributed by atoms with Crippen LogP contribution in [0.2, 0.25) is 0 Å². The number of hydrogen-bond donors (Lipinski definition) is 2. The highest BCUT2D eigenvalue weighted by Gasteiger charge is 2.35. The van der Waals surface area contributed by atoms with Crippen LogP contribution in [0.15, 0.2) is 66.0 Å². The molecule has 8 heteroatoms. The third-order valence-electron chi connectivity index (χ3n) is 5.76. The summed E-state index contributed by atoms with van der Waals surface area (Å²) >= 11 is 1.26. The number of carbonyl (C=O) groups is 3. The number of carbonyl (C=O) groups excluding carboxylic acids is 3. The lowest BCUT2D eigenvalue weighted by Gasteiger charge is -2.34. The van der Waals surface area contributed by atoms with Crippen molar-refractivity contribution in [3.05, 3.63) is 87.9 Å². The van der Waals surface area contributed by atoms with Gasteiger partial charge in [0.05, 0.1) is 11.4 Å². The van der Waals surface area contributed by atoms with Gasteiger partial charge in [-0.2, -0.15) is 0 Å². The van der Waals surface area contributed by atoms with Crippen molar-refractivity contribution in [2.24, 2.45) is 0 Å². The average molecular weight is 496 g/mol. The Kier molecular flexibility index (Phi) is 8.40. The molecule has 1 atom stereocenters. The first-order valence-corrected chi connectivity index (χ1v) is 12.3. The van der Waals surface area contributed by atoms with Crippen molar-refractivity contribution in [2.75, 3.05) is 11.4 Å². The molecule has 1 unspecified atom stereocenters. The van der Waals surface area contributed by atoms with Gasteiger partial charge in [-0.1, -0.05) is 42.8 Å². The number of amides is 3. The standard InChI is InChI=1S/C27H30FN3O3S/c1-5-27(3,4)30-26(34)24(19-10-8-18(2)9-11-19)31(21-14-12-20(28)13-15-21)23(32)17-29-25(33)22-7-6-16-35-22/h6-16,24H,5,17H2,1-4H3,(H,29,33)(H,30,34). The van der Waals surface area contributed by atoms with Crippen LogP contribution in [0, 0.1) is 12.7 Å². The molecular formula is C27H30FN3O3S. The van der Waals surface area contributed by atoms with Gasteiger partial charge in [0.1, 0.15) is 11.9 Å². The number of nitrogens with zero attached hydrogens (tertiary/aromatic N) is 1. The van der Waals surface area contributed by atoms with E-state index in [0.29, 0.717) is 22.5 Å². The molecule has 2 aromatic carbocycles. The Morgan fingerprint density at radius 1 is 1.03 bits per heavy atom. The molecule has 3 amide bonds. The van der Waals surface area contributed by atoms with E-state index in [1.807, 2.05) is 39.8 Å². The van der Waals surface area contributed by atoms with Gasteiger partial charge in [0.15, 0.2) is 0 Å². The van der Waals surface area contributed by atoms with E-state index in [2.05, 4.69) is 10.6 Å².